The van der Waals surface area contributed by atoms with Gasteiger partial charge in [-0.25, -0.2) is 4.98 Å². The minimum absolute atomic E-state index is 0.489. The molecule has 1 aliphatic heterocycles. The molecule has 2 rings (SSSR count). The second kappa shape index (κ2) is 7.65. The molecule has 1 aromatic heterocycles. The Bertz CT molecular complexity index is 358. The van der Waals surface area contributed by atoms with Crippen molar-refractivity contribution in [2.45, 2.75) is 52.1 Å². The van der Waals surface area contributed by atoms with E-state index in [0.717, 1.165) is 39.1 Å². The van der Waals surface area contributed by atoms with Crippen LogP contribution in [0.5, 0.6) is 0 Å². The molecule has 1 N–H and O–H groups in total. The van der Waals surface area contributed by atoms with Gasteiger partial charge in [0.1, 0.15) is 5.82 Å². The Morgan fingerprint density at radius 1 is 1.53 bits per heavy atom. The second-order valence-corrected chi connectivity index (χ2v) is 5.38. The summed E-state index contributed by atoms with van der Waals surface area (Å²) in [6.07, 6.45) is 8.64. The predicted octanol–water partition coefficient (Wildman–Crippen LogP) is 2.24. The average Bonchev–Trinajstić information content (AvgIpc) is 2.87. The molecule has 0 saturated carbocycles. The molecule has 0 spiro atoms. The zero-order valence-corrected chi connectivity index (χ0v) is 12.3. The molecule has 108 valence electrons. The van der Waals surface area contributed by atoms with Crippen molar-refractivity contribution < 1.29 is 4.74 Å². The molecule has 2 heterocycles. The zero-order valence-electron chi connectivity index (χ0n) is 12.3. The highest BCUT2D eigenvalue weighted by molar-refractivity contribution is 4.97. The standard InChI is InChI=1S/C15H27N3O/c1-3-8-18-9-7-17-15(18)11-14(16-4-2)13-6-5-10-19-12-13/h7,9,13-14,16H,3-6,8,10-12H2,1-2H3. The molecule has 2 atom stereocenters. The van der Waals surface area contributed by atoms with Crippen LogP contribution in [0.1, 0.15) is 38.9 Å². The zero-order chi connectivity index (χ0) is 13.5. The number of rotatable bonds is 7. The van der Waals surface area contributed by atoms with Gasteiger partial charge in [0.25, 0.3) is 0 Å². The van der Waals surface area contributed by atoms with Crippen LogP contribution in [0.4, 0.5) is 0 Å². The third-order valence-electron chi connectivity index (χ3n) is 3.90. The fourth-order valence-electron chi connectivity index (χ4n) is 2.92. The summed E-state index contributed by atoms with van der Waals surface area (Å²) in [5, 5.41) is 3.63. The van der Waals surface area contributed by atoms with Gasteiger partial charge in [0, 0.05) is 38.0 Å². The lowest BCUT2D eigenvalue weighted by molar-refractivity contribution is 0.0392. The van der Waals surface area contributed by atoms with Crippen molar-refractivity contribution in [1.29, 1.82) is 0 Å². The number of aryl methyl sites for hydroxylation is 1. The molecule has 1 aromatic rings. The van der Waals surface area contributed by atoms with Crippen molar-refractivity contribution in [3.8, 4) is 0 Å². The second-order valence-electron chi connectivity index (χ2n) is 5.38. The highest BCUT2D eigenvalue weighted by Crippen LogP contribution is 2.20. The highest BCUT2D eigenvalue weighted by atomic mass is 16.5. The minimum atomic E-state index is 0.489. The first kappa shape index (κ1) is 14.5. The van der Waals surface area contributed by atoms with Gasteiger partial charge < -0.3 is 14.6 Å². The Morgan fingerprint density at radius 3 is 3.11 bits per heavy atom. The first-order valence-electron chi connectivity index (χ1n) is 7.66. The summed E-state index contributed by atoms with van der Waals surface area (Å²) in [6, 6.07) is 0.489. The van der Waals surface area contributed by atoms with Gasteiger partial charge in [0.15, 0.2) is 0 Å². The number of aromatic nitrogens is 2. The number of nitrogens with one attached hydrogen (secondary N) is 1. The first-order chi connectivity index (χ1) is 9.35. The van der Waals surface area contributed by atoms with E-state index in [0.29, 0.717) is 12.0 Å². The van der Waals surface area contributed by atoms with E-state index in [-0.39, 0.29) is 0 Å². The molecular formula is C15H27N3O. The molecule has 1 saturated heterocycles. The molecule has 0 aromatic carbocycles. The van der Waals surface area contributed by atoms with Crippen LogP contribution < -0.4 is 5.32 Å². The Labute approximate surface area is 116 Å². The van der Waals surface area contributed by atoms with Crippen LogP contribution in [0.2, 0.25) is 0 Å². The van der Waals surface area contributed by atoms with E-state index in [9.17, 15) is 0 Å². The fraction of sp³-hybridized carbons (Fsp3) is 0.800. The number of ether oxygens (including phenoxy) is 1. The lowest BCUT2D eigenvalue weighted by Gasteiger charge is -2.30. The van der Waals surface area contributed by atoms with E-state index in [1.54, 1.807) is 0 Å². The van der Waals surface area contributed by atoms with E-state index in [1.807, 2.05) is 6.20 Å². The minimum Gasteiger partial charge on any atom is -0.381 e. The van der Waals surface area contributed by atoms with Crippen molar-refractivity contribution in [2.24, 2.45) is 5.92 Å². The Kier molecular flexibility index (Phi) is 5.86. The molecule has 0 amide bonds. The molecule has 1 aliphatic rings. The maximum Gasteiger partial charge on any atom is 0.110 e. The van der Waals surface area contributed by atoms with Crippen LogP contribution in [0, 0.1) is 5.92 Å². The first-order valence-corrected chi connectivity index (χ1v) is 7.66. The van der Waals surface area contributed by atoms with Crippen molar-refractivity contribution in [1.82, 2.24) is 14.9 Å². The van der Waals surface area contributed by atoms with Crippen LogP contribution in [0.25, 0.3) is 0 Å². The molecule has 19 heavy (non-hydrogen) atoms. The van der Waals surface area contributed by atoms with Crippen LogP contribution in [0.15, 0.2) is 12.4 Å². The van der Waals surface area contributed by atoms with E-state index in [2.05, 4.69) is 34.9 Å². The van der Waals surface area contributed by atoms with Gasteiger partial charge in [-0.05, 0) is 31.7 Å². The van der Waals surface area contributed by atoms with Gasteiger partial charge in [-0.3, -0.25) is 0 Å². The maximum absolute atomic E-state index is 5.64. The summed E-state index contributed by atoms with van der Waals surface area (Å²) in [4.78, 5) is 4.53. The van der Waals surface area contributed by atoms with Crippen molar-refractivity contribution in [3.05, 3.63) is 18.2 Å². The van der Waals surface area contributed by atoms with E-state index >= 15 is 0 Å². The Morgan fingerprint density at radius 2 is 2.42 bits per heavy atom. The summed E-state index contributed by atoms with van der Waals surface area (Å²) < 4.78 is 7.92. The molecule has 1 fully saturated rings. The van der Waals surface area contributed by atoms with E-state index in [1.165, 1.54) is 18.7 Å². The predicted molar refractivity (Wildman–Crippen MR) is 77.2 cm³/mol. The molecule has 0 radical (unpaired) electrons. The number of nitrogens with zero attached hydrogens (tertiary/aromatic N) is 2. The number of imidazole rings is 1. The van der Waals surface area contributed by atoms with Crippen LogP contribution in [0.3, 0.4) is 0 Å². The number of likely N-dealkylation sites (N-methyl/N-ethyl adjacent to an activating group) is 1. The smallest absolute Gasteiger partial charge is 0.110 e. The van der Waals surface area contributed by atoms with Crippen molar-refractivity contribution in [3.63, 3.8) is 0 Å². The lowest BCUT2D eigenvalue weighted by atomic mass is 9.91. The van der Waals surface area contributed by atoms with Crippen LogP contribution in [-0.4, -0.2) is 35.4 Å². The summed E-state index contributed by atoms with van der Waals surface area (Å²) in [5.74, 6) is 1.83. The van der Waals surface area contributed by atoms with Gasteiger partial charge in [-0.15, -0.1) is 0 Å². The number of hydrogen-bond acceptors (Lipinski definition) is 3. The lowest BCUT2D eigenvalue weighted by Crippen LogP contribution is -2.42. The summed E-state index contributed by atoms with van der Waals surface area (Å²) in [7, 11) is 0. The summed E-state index contributed by atoms with van der Waals surface area (Å²) in [6.45, 7) is 8.28. The fourth-order valence-corrected chi connectivity index (χ4v) is 2.92. The van der Waals surface area contributed by atoms with E-state index < -0.39 is 0 Å². The molecule has 4 heteroatoms. The Hall–Kier alpha value is -0.870. The third-order valence-corrected chi connectivity index (χ3v) is 3.90. The van der Waals surface area contributed by atoms with E-state index in [4.69, 9.17) is 4.74 Å². The van der Waals surface area contributed by atoms with Crippen LogP contribution >= 0.6 is 0 Å². The average molecular weight is 265 g/mol. The van der Waals surface area contributed by atoms with Crippen molar-refractivity contribution in [2.75, 3.05) is 19.8 Å². The summed E-state index contributed by atoms with van der Waals surface area (Å²) >= 11 is 0. The topological polar surface area (TPSA) is 39.1 Å². The largest absolute Gasteiger partial charge is 0.381 e. The normalized spacial score (nSPS) is 21.5. The van der Waals surface area contributed by atoms with Gasteiger partial charge >= 0.3 is 0 Å². The molecular weight excluding hydrogens is 238 g/mol. The van der Waals surface area contributed by atoms with Gasteiger partial charge in [0.2, 0.25) is 0 Å². The SMILES string of the molecule is CCCn1ccnc1CC(NCC)C1CCCOC1. The quantitative estimate of drug-likeness (QED) is 0.822. The monoisotopic (exact) mass is 265 g/mol. The van der Waals surface area contributed by atoms with Gasteiger partial charge in [-0.2, -0.15) is 0 Å². The number of hydrogen-bond donors (Lipinski definition) is 1. The highest BCUT2D eigenvalue weighted by Gasteiger charge is 2.25. The summed E-state index contributed by atoms with van der Waals surface area (Å²) in [5.41, 5.74) is 0. The Balaban J connectivity index is 2.00. The van der Waals surface area contributed by atoms with Crippen molar-refractivity contribution >= 4 is 0 Å². The molecule has 0 aliphatic carbocycles. The van der Waals surface area contributed by atoms with Gasteiger partial charge in [0.05, 0.1) is 6.61 Å². The molecule has 2 unspecified atom stereocenters. The molecule has 0 bridgehead atoms. The van der Waals surface area contributed by atoms with Crippen LogP contribution in [-0.2, 0) is 17.7 Å². The molecule has 4 nitrogen and oxygen atoms in total. The third kappa shape index (κ3) is 4.05. The maximum atomic E-state index is 5.64. The van der Waals surface area contributed by atoms with Gasteiger partial charge in [-0.1, -0.05) is 13.8 Å².